The van der Waals surface area contributed by atoms with Crippen LogP contribution in [0.25, 0.3) is 5.65 Å². The second kappa shape index (κ2) is 3.98. The van der Waals surface area contributed by atoms with E-state index in [1.54, 1.807) is 22.9 Å². The van der Waals surface area contributed by atoms with E-state index in [1.807, 2.05) is 6.07 Å². The molecule has 0 bridgehead atoms. The van der Waals surface area contributed by atoms with Gasteiger partial charge in [-0.2, -0.15) is 0 Å². The van der Waals surface area contributed by atoms with Gasteiger partial charge >= 0.3 is 5.97 Å². The van der Waals surface area contributed by atoms with Crippen molar-refractivity contribution in [2.75, 3.05) is 0 Å². The van der Waals surface area contributed by atoms with Gasteiger partial charge in [0.2, 0.25) is 0 Å². The number of halogens is 2. The number of rotatable bonds is 2. The maximum atomic E-state index is 11.5. The molecule has 0 saturated carbocycles. The lowest BCUT2D eigenvalue weighted by Gasteiger charge is -1.91. The Morgan fingerprint density at radius 2 is 2.33 bits per heavy atom. The second-order valence-corrected chi connectivity index (χ2v) is 3.89. The molecule has 78 valence electrons. The molecular formula is C9H6BrFN2O2. The molecule has 0 N–H and O–H groups in total. The summed E-state index contributed by atoms with van der Waals surface area (Å²) in [6.45, 7) is 0. The average molecular weight is 273 g/mol. The lowest BCUT2D eigenvalue weighted by atomic mass is 10.3. The highest BCUT2D eigenvalue weighted by atomic mass is 79.9. The normalized spacial score (nSPS) is 10.5. The zero-order valence-electron chi connectivity index (χ0n) is 7.48. The van der Waals surface area contributed by atoms with Crippen molar-refractivity contribution >= 4 is 27.5 Å². The van der Waals surface area contributed by atoms with E-state index in [0.29, 0.717) is 11.3 Å². The summed E-state index contributed by atoms with van der Waals surface area (Å²) in [5, 5.41) is 0. The van der Waals surface area contributed by atoms with Gasteiger partial charge in [-0.1, -0.05) is 0 Å². The van der Waals surface area contributed by atoms with E-state index in [0.717, 1.165) is 4.47 Å². The Bertz CT molecular complexity index is 512. The zero-order valence-corrected chi connectivity index (χ0v) is 9.07. The van der Waals surface area contributed by atoms with Crippen LogP contribution in [0, 0.1) is 0 Å². The van der Waals surface area contributed by atoms with Crippen molar-refractivity contribution in [1.29, 1.82) is 0 Å². The molecule has 15 heavy (non-hydrogen) atoms. The summed E-state index contributed by atoms with van der Waals surface area (Å²) in [5.41, 5.74) is 1.16. The van der Waals surface area contributed by atoms with Crippen LogP contribution in [0.2, 0.25) is 0 Å². The van der Waals surface area contributed by atoms with Gasteiger partial charge in [0.05, 0.1) is 12.1 Å². The fraction of sp³-hybridized carbons (Fsp3) is 0.111. The van der Waals surface area contributed by atoms with Gasteiger partial charge in [-0.3, -0.25) is 4.94 Å². The molecule has 0 aromatic carbocycles. The number of nitrogens with zero attached hydrogens (tertiary/aromatic N) is 2. The van der Waals surface area contributed by atoms with E-state index < -0.39 is 5.97 Å². The molecule has 0 radical (unpaired) electrons. The van der Waals surface area contributed by atoms with E-state index in [9.17, 15) is 9.32 Å². The first-order chi connectivity index (χ1) is 7.19. The predicted molar refractivity (Wildman–Crippen MR) is 53.8 cm³/mol. The van der Waals surface area contributed by atoms with Gasteiger partial charge in [-0.25, -0.2) is 9.78 Å². The summed E-state index contributed by atoms with van der Waals surface area (Å²) in [7, 11) is 0. The SMILES string of the molecule is O=C(Cc1cn2cc(Br)ccc2n1)OF. The topological polar surface area (TPSA) is 43.6 Å². The fourth-order valence-electron chi connectivity index (χ4n) is 1.28. The quantitative estimate of drug-likeness (QED) is 0.841. The minimum atomic E-state index is -0.947. The lowest BCUT2D eigenvalue weighted by Crippen LogP contribution is -2.02. The number of carbonyl (C=O) groups excluding carboxylic acids is 1. The van der Waals surface area contributed by atoms with E-state index in [4.69, 9.17) is 0 Å². The molecule has 0 atom stereocenters. The monoisotopic (exact) mass is 272 g/mol. The van der Waals surface area contributed by atoms with Crippen LogP contribution in [0.4, 0.5) is 4.53 Å². The molecule has 0 fully saturated rings. The number of hydrogen-bond donors (Lipinski definition) is 0. The third-order valence-electron chi connectivity index (χ3n) is 1.88. The van der Waals surface area contributed by atoms with Gasteiger partial charge in [0.25, 0.3) is 0 Å². The van der Waals surface area contributed by atoms with Crippen molar-refractivity contribution in [3.63, 3.8) is 0 Å². The molecule has 6 heteroatoms. The van der Waals surface area contributed by atoms with E-state index in [-0.39, 0.29) is 6.42 Å². The molecule has 0 amide bonds. The number of carbonyl (C=O) groups is 1. The van der Waals surface area contributed by atoms with Crippen molar-refractivity contribution in [3.8, 4) is 0 Å². The second-order valence-electron chi connectivity index (χ2n) is 2.97. The van der Waals surface area contributed by atoms with Crippen molar-refractivity contribution in [3.05, 3.63) is 34.7 Å². The molecule has 0 saturated heterocycles. The summed E-state index contributed by atoms with van der Waals surface area (Å²) in [6, 6.07) is 3.62. The molecule has 2 aromatic rings. The Morgan fingerprint density at radius 3 is 3.07 bits per heavy atom. The zero-order chi connectivity index (χ0) is 10.8. The highest BCUT2D eigenvalue weighted by molar-refractivity contribution is 9.10. The van der Waals surface area contributed by atoms with E-state index in [1.165, 1.54) is 0 Å². The van der Waals surface area contributed by atoms with Crippen LogP contribution < -0.4 is 0 Å². The largest absolute Gasteiger partial charge is 0.354 e. The minimum absolute atomic E-state index is 0.171. The predicted octanol–water partition coefficient (Wildman–Crippen LogP) is 2.07. The Hall–Kier alpha value is -1.43. The van der Waals surface area contributed by atoms with E-state index >= 15 is 0 Å². The first-order valence-corrected chi connectivity index (χ1v) is 4.93. The standard InChI is InChI=1S/C9H6BrFN2O2/c10-6-1-2-8-12-7(3-9(14)15-11)5-13(8)4-6/h1-2,4-5H,3H2. The van der Waals surface area contributed by atoms with Gasteiger partial charge < -0.3 is 4.40 Å². The number of fused-ring (bicyclic) bond motifs is 1. The molecular weight excluding hydrogens is 267 g/mol. The number of aromatic nitrogens is 2. The third kappa shape index (κ3) is 2.15. The van der Waals surface area contributed by atoms with Crippen molar-refractivity contribution in [2.45, 2.75) is 6.42 Å². The molecule has 0 unspecified atom stereocenters. The van der Waals surface area contributed by atoms with Crippen molar-refractivity contribution < 1.29 is 14.3 Å². The van der Waals surface area contributed by atoms with Gasteiger partial charge in [-0.15, -0.1) is 0 Å². The van der Waals surface area contributed by atoms with Gasteiger partial charge in [0.1, 0.15) is 5.65 Å². The maximum absolute atomic E-state index is 11.5. The number of hydrogen-bond acceptors (Lipinski definition) is 3. The highest BCUT2D eigenvalue weighted by Gasteiger charge is 2.09. The summed E-state index contributed by atoms with van der Waals surface area (Å²) in [4.78, 5) is 17.9. The van der Waals surface area contributed by atoms with Crippen LogP contribution in [-0.4, -0.2) is 15.4 Å². The Kier molecular flexibility index (Phi) is 2.68. The number of imidazole rings is 1. The van der Waals surface area contributed by atoms with Gasteiger partial charge in [0, 0.05) is 21.4 Å². The summed E-state index contributed by atoms with van der Waals surface area (Å²) >= 11 is 3.31. The Balaban J connectivity index is 2.34. The first kappa shape index (κ1) is 10.1. The summed E-state index contributed by atoms with van der Waals surface area (Å²) < 4.78 is 14.1. The lowest BCUT2D eigenvalue weighted by molar-refractivity contribution is -0.182. The fourth-order valence-corrected chi connectivity index (χ4v) is 1.63. The Morgan fingerprint density at radius 1 is 1.53 bits per heavy atom. The Labute approximate surface area is 92.7 Å². The molecule has 2 heterocycles. The molecule has 2 aromatic heterocycles. The van der Waals surface area contributed by atoms with Crippen LogP contribution in [0.3, 0.4) is 0 Å². The van der Waals surface area contributed by atoms with Gasteiger partial charge in [-0.05, 0) is 28.1 Å². The first-order valence-electron chi connectivity index (χ1n) is 4.13. The summed E-state index contributed by atoms with van der Waals surface area (Å²) in [5.74, 6) is -0.947. The average Bonchev–Trinajstić information content (AvgIpc) is 2.59. The maximum Gasteiger partial charge on any atom is 0.354 e. The van der Waals surface area contributed by atoms with Crippen LogP contribution in [0.15, 0.2) is 29.0 Å². The van der Waals surface area contributed by atoms with Crippen LogP contribution >= 0.6 is 15.9 Å². The summed E-state index contributed by atoms with van der Waals surface area (Å²) in [6.07, 6.45) is 3.28. The third-order valence-corrected chi connectivity index (χ3v) is 2.35. The smallest absolute Gasteiger partial charge is 0.306 e. The van der Waals surface area contributed by atoms with Crippen molar-refractivity contribution in [2.24, 2.45) is 0 Å². The molecule has 4 nitrogen and oxygen atoms in total. The number of pyridine rings is 1. The molecule has 0 spiro atoms. The van der Waals surface area contributed by atoms with Crippen LogP contribution in [0.5, 0.6) is 0 Å². The molecule has 0 aliphatic rings. The van der Waals surface area contributed by atoms with Crippen molar-refractivity contribution in [1.82, 2.24) is 9.38 Å². The molecule has 0 aliphatic heterocycles. The minimum Gasteiger partial charge on any atom is -0.306 e. The molecule has 2 rings (SSSR count). The van der Waals surface area contributed by atoms with Crippen LogP contribution in [-0.2, 0) is 16.2 Å². The van der Waals surface area contributed by atoms with Crippen LogP contribution in [0.1, 0.15) is 5.69 Å². The molecule has 0 aliphatic carbocycles. The van der Waals surface area contributed by atoms with E-state index in [2.05, 4.69) is 25.9 Å². The van der Waals surface area contributed by atoms with Gasteiger partial charge in [0.15, 0.2) is 0 Å². The highest BCUT2D eigenvalue weighted by Crippen LogP contribution is 2.12.